The molecule has 0 saturated heterocycles. The van der Waals surface area contributed by atoms with E-state index in [0.29, 0.717) is 56.6 Å². The largest absolute Gasteiger partial charge is 0.489 e. The van der Waals surface area contributed by atoms with Crippen molar-refractivity contribution in [2.75, 3.05) is 36.6 Å². The van der Waals surface area contributed by atoms with Crippen LogP contribution in [0, 0.1) is 11.8 Å². The monoisotopic (exact) mass is 828 g/mol. The molecule has 9 nitrogen and oxygen atoms in total. The third kappa shape index (κ3) is 13.7. The molecule has 0 spiro atoms. The van der Waals surface area contributed by atoms with Crippen LogP contribution >= 0.6 is 0 Å². The highest BCUT2D eigenvalue weighted by Crippen LogP contribution is 2.41. The molecule has 56 heavy (non-hydrogen) atoms. The van der Waals surface area contributed by atoms with E-state index in [1.165, 1.54) is 13.0 Å². The number of aliphatic carboxylic acids is 1. The van der Waals surface area contributed by atoms with Crippen LogP contribution in [0.1, 0.15) is 79.8 Å². The number of carbonyl (C=O) groups is 1. The van der Waals surface area contributed by atoms with Crippen molar-refractivity contribution in [1.82, 2.24) is 4.90 Å². The van der Waals surface area contributed by atoms with Crippen molar-refractivity contribution in [2.24, 2.45) is 22.6 Å². The number of benzene rings is 2. The van der Waals surface area contributed by atoms with E-state index in [2.05, 4.69) is 11.6 Å². The first-order valence-corrected chi connectivity index (χ1v) is 19.6. The molecule has 2 aromatic rings. The summed E-state index contributed by atoms with van der Waals surface area (Å²) in [4.78, 5) is 18.3. The molecule has 3 N–H and O–H groups in total. The first-order chi connectivity index (χ1) is 25.8. The normalized spacial score (nSPS) is 17.8. The summed E-state index contributed by atoms with van der Waals surface area (Å²) >= 11 is 0. The lowest BCUT2D eigenvalue weighted by Gasteiger charge is -2.36. The van der Waals surface area contributed by atoms with Crippen molar-refractivity contribution in [1.29, 1.82) is 0 Å². The number of allylic oxidation sites excluding steroid dienone is 1. The molecule has 1 aliphatic rings. The Morgan fingerprint density at radius 3 is 2.00 bits per heavy atom. The van der Waals surface area contributed by atoms with Gasteiger partial charge in [-0.2, -0.15) is 39.5 Å². The van der Waals surface area contributed by atoms with E-state index in [9.17, 15) is 57.8 Å². The van der Waals surface area contributed by atoms with Crippen molar-refractivity contribution in [3.63, 3.8) is 0 Å². The molecule has 0 bridgehead atoms. The van der Waals surface area contributed by atoms with Gasteiger partial charge in [0.25, 0.3) is 0 Å². The van der Waals surface area contributed by atoms with Crippen LogP contribution in [0.5, 0.6) is 0 Å². The average molecular weight is 829 g/mol. The molecule has 0 aromatic heterocycles. The van der Waals surface area contributed by atoms with Crippen LogP contribution in [0.2, 0.25) is 0 Å². The number of rotatable bonds is 17. The lowest BCUT2D eigenvalue weighted by Crippen LogP contribution is -2.33. The van der Waals surface area contributed by atoms with Gasteiger partial charge in [0.05, 0.1) is 34.7 Å². The fourth-order valence-electron chi connectivity index (χ4n) is 6.46. The fraction of sp³-hybridized carbons (Fsp3) is 0.514. The third-order valence-corrected chi connectivity index (χ3v) is 10.4. The molecule has 1 aliphatic carbocycles. The topological polar surface area (TPSA) is 126 Å². The van der Waals surface area contributed by atoms with Crippen LogP contribution in [-0.2, 0) is 44.4 Å². The van der Waals surface area contributed by atoms with Gasteiger partial charge in [0.2, 0.25) is 0 Å². The number of alkyl halides is 9. The Morgan fingerprint density at radius 2 is 1.52 bits per heavy atom. The number of halogens is 9. The van der Waals surface area contributed by atoms with Gasteiger partial charge >= 0.3 is 24.5 Å². The molecule has 0 amide bonds. The predicted octanol–water partition coefficient (Wildman–Crippen LogP) is 8.82. The number of ether oxygens (including phenoxy) is 1. The zero-order valence-electron chi connectivity index (χ0n) is 30.9. The number of sulfone groups is 1. The number of anilines is 1. The van der Waals surface area contributed by atoms with Gasteiger partial charge in [-0.1, -0.05) is 6.58 Å². The highest BCUT2D eigenvalue weighted by Gasteiger charge is 2.38. The van der Waals surface area contributed by atoms with Gasteiger partial charge in [-0.3, -0.25) is 4.79 Å². The molecule has 1 atom stereocenters. The highest BCUT2D eigenvalue weighted by atomic mass is 32.2. The van der Waals surface area contributed by atoms with E-state index < -0.39 is 74.9 Å². The lowest BCUT2D eigenvalue weighted by atomic mass is 9.80. The lowest BCUT2D eigenvalue weighted by molar-refractivity contribution is -0.143. The van der Waals surface area contributed by atoms with Gasteiger partial charge in [0.15, 0.2) is 15.6 Å². The van der Waals surface area contributed by atoms with Crippen LogP contribution in [0.4, 0.5) is 45.2 Å². The Bertz CT molecular complexity index is 1820. The van der Waals surface area contributed by atoms with Crippen LogP contribution in [-0.4, -0.2) is 62.3 Å². The molecule has 1 saturated carbocycles. The Morgan fingerprint density at radius 1 is 0.964 bits per heavy atom. The number of nitrogens with two attached hydrogens (primary N) is 1. The molecule has 19 heteroatoms. The number of carboxylic acid groups (broad SMARTS) is 1. The molecule has 2 aromatic carbocycles. The summed E-state index contributed by atoms with van der Waals surface area (Å²) < 4.78 is 154. The van der Waals surface area contributed by atoms with Crippen LogP contribution in [0.15, 0.2) is 65.7 Å². The molecule has 0 unspecified atom stereocenters. The summed E-state index contributed by atoms with van der Waals surface area (Å²) in [5.41, 5.74) is 1.13. The van der Waals surface area contributed by atoms with Crippen molar-refractivity contribution in [3.8, 4) is 0 Å². The zero-order chi connectivity index (χ0) is 42.2. The molecule has 1 fully saturated rings. The van der Waals surface area contributed by atoms with Gasteiger partial charge in [0.1, 0.15) is 12.4 Å². The van der Waals surface area contributed by atoms with Crippen molar-refractivity contribution in [2.45, 2.75) is 77.1 Å². The molecule has 3 rings (SSSR count). The van der Waals surface area contributed by atoms with E-state index in [1.54, 1.807) is 6.92 Å². The van der Waals surface area contributed by atoms with Crippen molar-refractivity contribution < 1.29 is 62.6 Å². The number of nitrogens with zero attached hydrogens (tertiary/aromatic N) is 3. The fourth-order valence-corrected chi connectivity index (χ4v) is 6.84. The van der Waals surface area contributed by atoms with Crippen LogP contribution < -0.4 is 10.6 Å². The molecule has 312 valence electrons. The molecular weight excluding hydrogens is 783 g/mol. The Labute approximate surface area is 319 Å². The quantitative estimate of drug-likeness (QED) is 0.0922. The minimum Gasteiger partial charge on any atom is -0.489 e. The first-order valence-electron chi connectivity index (χ1n) is 17.5. The summed E-state index contributed by atoms with van der Waals surface area (Å²) in [5.74, 6) is -1.77. The summed E-state index contributed by atoms with van der Waals surface area (Å²) in [7, 11) is -3.45. The van der Waals surface area contributed by atoms with Gasteiger partial charge in [-0.25, -0.2) is 13.4 Å². The zero-order valence-corrected chi connectivity index (χ0v) is 31.8. The van der Waals surface area contributed by atoms with Gasteiger partial charge < -0.3 is 25.4 Å². The van der Waals surface area contributed by atoms with Crippen molar-refractivity contribution >= 4 is 27.7 Å². The van der Waals surface area contributed by atoms with Gasteiger partial charge in [0, 0.05) is 44.2 Å². The minimum atomic E-state index is -5.19. The minimum absolute atomic E-state index is 0.00417. The van der Waals surface area contributed by atoms with Crippen LogP contribution in [0.25, 0.3) is 0 Å². The van der Waals surface area contributed by atoms with Crippen LogP contribution in [0.3, 0.4) is 0 Å². The molecule has 0 aliphatic heterocycles. The Hall–Kier alpha value is -4.42. The maximum Gasteiger partial charge on any atom is 0.416 e. The Kier molecular flexibility index (Phi) is 15.3. The smallest absolute Gasteiger partial charge is 0.416 e. The molecule has 0 radical (unpaired) electrons. The van der Waals surface area contributed by atoms with Gasteiger partial charge in [-0.15, -0.1) is 0 Å². The maximum atomic E-state index is 14.1. The molecule has 0 heterocycles. The SMILES string of the molecule is C=C(N=C/C(=C\N)OCCS(C)(=O)=O)N(Cc1cc(C(F)(F)F)ccc1N(CC)CC1CCC(CC(=O)O)CC1)[C@H](C)c1cc(C(F)(F)F)cc(C(F)(F)F)c1. The second kappa shape index (κ2) is 18.7. The highest BCUT2D eigenvalue weighted by molar-refractivity contribution is 7.90. The van der Waals surface area contributed by atoms with E-state index in [0.717, 1.165) is 35.7 Å². The summed E-state index contributed by atoms with van der Waals surface area (Å²) in [5, 5.41) is 9.19. The average Bonchev–Trinajstić information content (AvgIpc) is 3.09. The second-order valence-electron chi connectivity index (χ2n) is 13.7. The summed E-state index contributed by atoms with van der Waals surface area (Å²) in [6.07, 6.45) is -9.71. The van der Waals surface area contributed by atoms with E-state index in [-0.39, 0.29) is 48.1 Å². The second-order valence-corrected chi connectivity index (χ2v) is 16.0. The number of hydrogen-bond acceptors (Lipinski definition) is 8. The predicted molar refractivity (Wildman–Crippen MR) is 193 cm³/mol. The summed E-state index contributed by atoms with van der Waals surface area (Å²) in [6.45, 7) is 6.65. The first kappa shape index (κ1) is 46.0. The number of hydrogen-bond donors (Lipinski definition) is 2. The number of carboxylic acids is 1. The van der Waals surface area contributed by atoms with E-state index >= 15 is 0 Å². The number of aliphatic imine (C=N–C) groups is 1. The van der Waals surface area contributed by atoms with Crippen molar-refractivity contribution in [3.05, 3.63) is 88.6 Å². The van der Waals surface area contributed by atoms with E-state index in [1.807, 2.05) is 4.90 Å². The summed E-state index contributed by atoms with van der Waals surface area (Å²) in [6, 6.07) is 2.54. The maximum absolute atomic E-state index is 14.1. The molecular formula is C37H45F9N4O5S. The van der Waals surface area contributed by atoms with E-state index in [4.69, 9.17) is 10.5 Å². The third-order valence-electron chi connectivity index (χ3n) is 9.50. The van der Waals surface area contributed by atoms with Gasteiger partial charge in [-0.05, 0) is 98.9 Å². The Balaban J connectivity index is 2.14. The standard InChI is InChI=1S/C37H45F9N4O5S/c1-5-49(21-26-8-6-25(7-9-26)14-34(51)52)33-11-10-29(35(38,39)40)17-28(33)22-50(24(3)48-20-32(19-47)55-12-13-56(4,53)54)23(2)27-15-30(36(41,42)43)18-31(16-27)37(44,45)46/h10-11,15-20,23,25-26H,3,5-9,12-14,21-22,47H2,1-2,4H3,(H,51,52)/b32-19+,48-20?/t23-,25?,26?/m1/s1.